The fraction of sp³-hybridized carbons (Fsp3) is 0.364. The third kappa shape index (κ3) is 2.52. The Labute approximate surface area is 80.7 Å². The third-order valence-corrected chi connectivity index (χ3v) is 4.31. The van der Waals surface area contributed by atoms with Crippen molar-refractivity contribution in [1.82, 2.24) is 0 Å². The van der Waals surface area contributed by atoms with Gasteiger partial charge in [0.05, 0.1) is 6.61 Å². The minimum Gasteiger partial charge on any atom is -0.550 e. The highest BCUT2D eigenvalue weighted by Gasteiger charge is 2.06. The Morgan fingerprint density at radius 1 is 1.15 bits per heavy atom. The van der Waals surface area contributed by atoms with Gasteiger partial charge in [0.15, 0.2) is 0 Å². The van der Waals surface area contributed by atoms with Crippen LogP contribution in [0.25, 0.3) is 0 Å². The maximum atomic E-state index is 5.73. The van der Waals surface area contributed by atoms with Crippen molar-refractivity contribution < 1.29 is 4.43 Å². The molecule has 1 aromatic carbocycles. The van der Waals surface area contributed by atoms with Crippen molar-refractivity contribution in [1.29, 1.82) is 0 Å². The summed E-state index contributed by atoms with van der Waals surface area (Å²) in [6.45, 7) is 0.970. The van der Waals surface area contributed by atoms with Gasteiger partial charge < -0.3 is 4.43 Å². The maximum absolute atomic E-state index is 5.73. The first-order valence-corrected chi connectivity index (χ1v) is 6.53. The van der Waals surface area contributed by atoms with Gasteiger partial charge in [-0.2, -0.15) is 0 Å². The molecule has 13 heavy (non-hydrogen) atoms. The molecule has 2 rings (SSSR count). The van der Waals surface area contributed by atoms with E-state index in [4.69, 9.17) is 4.43 Å². The van der Waals surface area contributed by atoms with Crippen molar-refractivity contribution in [3.63, 3.8) is 0 Å². The van der Waals surface area contributed by atoms with Gasteiger partial charge in [0.1, 0.15) is 0 Å². The highest BCUT2D eigenvalue weighted by Crippen LogP contribution is 2.07. The molecule has 0 bridgehead atoms. The highest BCUT2D eigenvalue weighted by atomic mass is 28.3. The molecule has 0 amide bonds. The second-order valence-corrected chi connectivity index (χ2v) is 5.34. The van der Waals surface area contributed by atoms with Crippen molar-refractivity contribution in [3.05, 3.63) is 35.9 Å². The molecule has 1 aromatic rings. The number of benzene rings is 1. The summed E-state index contributed by atoms with van der Waals surface area (Å²) in [4.78, 5) is 0. The summed E-state index contributed by atoms with van der Waals surface area (Å²) in [6.07, 6.45) is 2.59. The van der Waals surface area contributed by atoms with Crippen molar-refractivity contribution >= 4 is 14.3 Å². The molecule has 0 aliphatic carbocycles. The molecule has 2 heteroatoms. The van der Waals surface area contributed by atoms with Crippen LogP contribution in [-0.2, 0) is 4.43 Å². The first-order valence-electron chi connectivity index (χ1n) is 4.83. The van der Waals surface area contributed by atoms with Gasteiger partial charge in [-0.25, -0.2) is 0 Å². The van der Waals surface area contributed by atoms with Crippen LogP contribution < -0.4 is 0 Å². The molecule has 1 aliphatic heterocycles. The predicted molar refractivity (Wildman–Crippen MR) is 57.4 cm³/mol. The lowest BCUT2D eigenvalue weighted by molar-refractivity contribution is 0.301. The van der Waals surface area contributed by atoms with Gasteiger partial charge in [-0.3, -0.25) is 0 Å². The maximum Gasteiger partial charge on any atom is 0.232 e. The second kappa shape index (κ2) is 4.37. The van der Waals surface area contributed by atoms with Crippen LogP contribution >= 0.6 is 0 Å². The zero-order valence-electron chi connectivity index (χ0n) is 7.70. The molecule has 0 N–H and O–H groups in total. The van der Waals surface area contributed by atoms with E-state index in [2.05, 4.69) is 36.0 Å². The van der Waals surface area contributed by atoms with Crippen LogP contribution in [0.15, 0.2) is 30.3 Å². The molecule has 1 aliphatic rings. The monoisotopic (exact) mass is 190 g/mol. The van der Waals surface area contributed by atoms with Gasteiger partial charge in [-0.05, 0) is 30.1 Å². The van der Waals surface area contributed by atoms with Gasteiger partial charge in [0.2, 0.25) is 8.65 Å². The van der Waals surface area contributed by atoms with Crippen LogP contribution in [0.5, 0.6) is 0 Å². The first-order chi connectivity index (χ1) is 6.45. The van der Waals surface area contributed by atoms with Gasteiger partial charge in [0, 0.05) is 0 Å². The van der Waals surface area contributed by atoms with Crippen molar-refractivity contribution in [2.75, 3.05) is 6.61 Å². The van der Waals surface area contributed by atoms with Crippen LogP contribution in [0, 0.1) is 0 Å². The smallest absolute Gasteiger partial charge is 0.232 e. The Bertz CT molecular complexity index is 284. The lowest BCUT2D eigenvalue weighted by Crippen LogP contribution is -2.17. The van der Waals surface area contributed by atoms with E-state index in [1.807, 2.05) is 0 Å². The summed E-state index contributed by atoms with van der Waals surface area (Å²) >= 11 is 0. The topological polar surface area (TPSA) is 9.23 Å². The molecule has 1 fully saturated rings. The molecule has 0 atom stereocenters. The molecular formula is C11H14OSi. The summed E-state index contributed by atoms with van der Waals surface area (Å²) in [5.74, 6) is 0. The van der Waals surface area contributed by atoms with Crippen LogP contribution in [0.1, 0.15) is 18.4 Å². The van der Waals surface area contributed by atoms with E-state index in [1.165, 1.54) is 24.4 Å². The lowest BCUT2D eigenvalue weighted by Gasteiger charge is -2.14. The summed E-state index contributed by atoms with van der Waals surface area (Å²) in [5.41, 5.74) is 3.64. The molecule has 1 saturated heterocycles. The predicted octanol–water partition coefficient (Wildman–Crippen LogP) is 2.22. The second-order valence-electron chi connectivity index (χ2n) is 3.33. The Kier molecular flexibility index (Phi) is 2.92. The van der Waals surface area contributed by atoms with Crippen LogP contribution in [0.3, 0.4) is 0 Å². The molecule has 68 valence electrons. The third-order valence-electron chi connectivity index (χ3n) is 2.23. The van der Waals surface area contributed by atoms with E-state index < -0.39 is 8.65 Å². The lowest BCUT2D eigenvalue weighted by atomic mass is 10.2. The summed E-state index contributed by atoms with van der Waals surface area (Å²) in [5, 5.41) is 0. The van der Waals surface area contributed by atoms with E-state index in [1.54, 1.807) is 0 Å². The fourth-order valence-electron chi connectivity index (χ4n) is 1.53. The normalized spacial score (nSPS) is 19.8. The van der Waals surface area contributed by atoms with E-state index in [9.17, 15) is 0 Å². The van der Waals surface area contributed by atoms with Gasteiger partial charge in [-0.15, -0.1) is 0 Å². The summed E-state index contributed by atoms with van der Waals surface area (Å²) < 4.78 is 5.73. The van der Waals surface area contributed by atoms with E-state index in [0.29, 0.717) is 0 Å². The van der Waals surface area contributed by atoms with Gasteiger partial charge in [-0.1, -0.05) is 30.3 Å². The molecule has 0 spiro atoms. The standard InChI is InChI=1S/C11H14OSi/c1-2-6-11(7-3-1)10-13-9-5-4-8-12-13/h1-3,6-7,10H,4-5,8-9H2. The molecule has 1 heterocycles. The quantitative estimate of drug-likeness (QED) is 0.617. The number of rotatable bonds is 1. The summed E-state index contributed by atoms with van der Waals surface area (Å²) in [7, 11) is -0.625. The number of hydrogen-bond donors (Lipinski definition) is 0. The Morgan fingerprint density at radius 3 is 2.69 bits per heavy atom. The van der Waals surface area contributed by atoms with Crippen LogP contribution in [-0.4, -0.2) is 20.9 Å². The molecule has 0 aromatic heterocycles. The fourth-order valence-corrected chi connectivity index (χ4v) is 3.47. The average Bonchev–Trinajstić information content (AvgIpc) is 2.21. The Balaban J connectivity index is 2.10. The highest BCUT2D eigenvalue weighted by molar-refractivity contribution is 6.62. The van der Waals surface area contributed by atoms with E-state index >= 15 is 0 Å². The van der Waals surface area contributed by atoms with Gasteiger partial charge >= 0.3 is 0 Å². The SMILES string of the molecule is C(c1ccccc1)=[Si]1CCCCO1. The average molecular weight is 190 g/mol. The number of hydrogen-bond acceptors (Lipinski definition) is 1. The zero-order valence-corrected chi connectivity index (χ0v) is 8.70. The zero-order chi connectivity index (χ0) is 8.93. The largest absolute Gasteiger partial charge is 0.550 e. The van der Waals surface area contributed by atoms with Gasteiger partial charge in [0.25, 0.3) is 0 Å². The Morgan fingerprint density at radius 2 is 2.00 bits per heavy atom. The van der Waals surface area contributed by atoms with Crippen molar-refractivity contribution in [2.45, 2.75) is 18.9 Å². The summed E-state index contributed by atoms with van der Waals surface area (Å²) in [6, 6.07) is 11.8. The molecule has 0 radical (unpaired) electrons. The van der Waals surface area contributed by atoms with Crippen LogP contribution in [0.2, 0.25) is 6.04 Å². The van der Waals surface area contributed by atoms with E-state index in [0.717, 1.165) is 6.61 Å². The van der Waals surface area contributed by atoms with Crippen molar-refractivity contribution in [3.8, 4) is 0 Å². The molecule has 1 nitrogen and oxygen atoms in total. The van der Waals surface area contributed by atoms with E-state index in [-0.39, 0.29) is 0 Å². The minimum atomic E-state index is -0.625. The van der Waals surface area contributed by atoms with Crippen molar-refractivity contribution in [2.24, 2.45) is 0 Å². The molecular weight excluding hydrogens is 176 g/mol. The minimum absolute atomic E-state index is 0.625. The van der Waals surface area contributed by atoms with Crippen LogP contribution in [0.4, 0.5) is 0 Å². The molecule has 0 unspecified atom stereocenters. The Hall–Kier alpha value is -0.893. The first kappa shape index (κ1) is 8.69. The molecule has 0 saturated carbocycles.